The third-order valence-corrected chi connectivity index (χ3v) is 15.0. The third-order valence-electron chi connectivity index (χ3n) is 15.0. The fourth-order valence-electron chi connectivity index (χ4n) is 10.9. The molecule has 2 aliphatic heterocycles. The summed E-state index contributed by atoms with van der Waals surface area (Å²) in [5, 5.41) is 48.0. The first-order valence-electron chi connectivity index (χ1n) is 25.5. The van der Waals surface area contributed by atoms with E-state index in [4.69, 9.17) is 4.42 Å². The number of benzene rings is 2. The lowest BCUT2D eigenvalue weighted by atomic mass is 9.89. The maximum absolute atomic E-state index is 16.0. The maximum Gasteiger partial charge on any atom is 0.504 e. The molecule has 0 spiro atoms. The van der Waals surface area contributed by atoms with Crippen LogP contribution in [0.5, 0.6) is 0 Å². The van der Waals surface area contributed by atoms with Crippen molar-refractivity contribution in [2.24, 2.45) is 21.1 Å². The van der Waals surface area contributed by atoms with Crippen molar-refractivity contribution in [2.45, 2.75) is 70.4 Å². The van der Waals surface area contributed by atoms with E-state index in [-0.39, 0.29) is 101 Å². The first kappa shape index (κ1) is 54.4. The molecule has 0 bridgehead atoms. The minimum absolute atomic E-state index is 0.0582. The summed E-state index contributed by atoms with van der Waals surface area (Å²) in [5.74, 6) is 1.34. The molecule has 10 aromatic rings. The zero-order chi connectivity index (χ0) is 58.2. The molecule has 28 heteroatoms. The van der Waals surface area contributed by atoms with E-state index >= 15 is 8.78 Å². The quantitative estimate of drug-likeness (QED) is 0.129. The van der Waals surface area contributed by atoms with Gasteiger partial charge in [-0.25, -0.2) is 23.7 Å². The zero-order valence-corrected chi connectivity index (χ0v) is 44.6. The summed E-state index contributed by atoms with van der Waals surface area (Å²) in [6.07, 6.45) is 0.0840. The van der Waals surface area contributed by atoms with E-state index in [2.05, 4.69) is 62.8 Å². The molecule has 0 saturated carbocycles. The molecular weight excluding hydrogens is 1080 g/mol. The van der Waals surface area contributed by atoms with Crippen molar-refractivity contribution in [3.8, 4) is 56.8 Å². The van der Waals surface area contributed by atoms with Gasteiger partial charge in [0.1, 0.15) is 24.8 Å². The van der Waals surface area contributed by atoms with Crippen molar-refractivity contribution >= 4 is 33.4 Å². The Morgan fingerprint density at radius 3 is 1.40 bits per heavy atom. The van der Waals surface area contributed by atoms with Crippen molar-refractivity contribution < 1.29 is 39.5 Å². The minimum Gasteiger partial charge on any atom is -0.441 e. The van der Waals surface area contributed by atoms with Gasteiger partial charge in [-0.15, -0.1) is 56.9 Å². The topological polar surface area (TPSA) is 221 Å². The molecule has 2 aromatic carbocycles. The second kappa shape index (κ2) is 20.2. The summed E-state index contributed by atoms with van der Waals surface area (Å²) in [4.78, 5) is 16.4. The van der Waals surface area contributed by atoms with Crippen LogP contribution in [0, 0.1) is 43.4 Å². The number of halogens is 8. The normalized spacial score (nSPS) is 15.4. The van der Waals surface area contributed by atoms with Crippen LogP contribution in [0.2, 0.25) is 0 Å². The Labute approximate surface area is 460 Å². The summed E-state index contributed by atoms with van der Waals surface area (Å²) >= 11 is 0. The van der Waals surface area contributed by atoms with Gasteiger partial charge >= 0.3 is 12.6 Å². The second-order valence-electron chi connectivity index (χ2n) is 20.3. The van der Waals surface area contributed by atoms with Crippen molar-refractivity contribution in [1.82, 2.24) is 73.8 Å². The molecule has 2 aliphatic rings. The number of hydrogen-bond acceptors (Lipinski definition) is 15. The van der Waals surface area contributed by atoms with Crippen LogP contribution in [-0.4, -0.2) is 100 Å². The van der Waals surface area contributed by atoms with Crippen LogP contribution < -0.4 is 9.80 Å². The fourth-order valence-corrected chi connectivity index (χ4v) is 10.9. The summed E-state index contributed by atoms with van der Waals surface area (Å²) in [6, 6.07) is 14.8. The standard InChI is InChI=1S/C28H26F4N10.C26H21F4N9O/c1-16-23(17(2)40(4)37-16)18-9-19(12-33)24(41-7-5-27(29,6-8-41)26-36-35-15-39(26)3)22(11-18)20-10-21-14-42(28(30,31)32)38-25(21)34-13-20;1-15-32-12-21(40-15)16-7-17(10-31)22(38-5-3-25(27,4-6-38)24-35-34-14-37(24)2)20(9-16)18-8-19-13-39(26(28,29)30)36-23(19)33-11-18/h9-11,13-15H,5-8H2,1-4H3;7-9,11-14H,3-6H2,1-2H3. The van der Waals surface area contributed by atoms with Crippen molar-refractivity contribution in [2.75, 3.05) is 36.0 Å². The Balaban J connectivity index is 0.000000172. The Morgan fingerprint density at radius 2 is 1.02 bits per heavy atom. The Morgan fingerprint density at radius 1 is 0.573 bits per heavy atom. The van der Waals surface area contributed by atoms with Crippen LogP contribution in [0.3, 0.4) is 0 Å². The molecule has 0 radical (unpaired) electrons. The minimum atomic E-state index is -4.69. The summed E-state index contributed by atoms with van der Waals surface area (Å²) in [7, 11) is 5.21. The number of aryl methyl sites for hydroxylation is 5. The van der Waals surface area contributed by atoms with Crippen LogP contribution in [0.1, 0.15) is 65.7 Å². The number of hydrogen-bond donors (Lipinski definition) is 0. The fraction of sp³-hybridized carbons (Fsp3) is 0.333. The van der Waals surface area contributed by atoms with E-state index < -0.39 is 23.9 Å². The number of nitriles is 2. The molecular formula is C54H47F8N19O. The number of anilines is 2. The van der Waals surface area contributed by atoms with Crippen molar-refractivity contribution in [1.29, 1.82) is 10.5 Å². The predicted molar refractivity (Wildman–Crippen MR) is 280 cm³/mol. The van der Waals surface area contributed by atoms with Crippen LogP contribution >= 0.6 is 0 Å². The Hall–Kier alpha value is -9.60. The lowest BCUT2D eigenvalue weighted by molar-refractivity contribution is -0.212. The average Bonchev–Trinajstić information content (AvgIpc) is 4.48. The molecule has 2 saturated heterocycles. The molecule has 2 fully saturated rings. The highest BCUT2D eigenvalue weighted by Gasteiger charge is 2.43. The number of fused-ring (bicyclic) bond motifs is 2. The van der Waals surface area contributed by atoms with Crippen molar-refractivity contribution in [3.05, 3.63) is 120 Å². The average molecular weight is 1130 g/mol. The number of alkyl halides is 8. The number of oxazole rings is 1. The summed E-state index contributed by atoms with van der Waals surface area (Å²) in [6.45, 7) is 6.55. The molecule has 10 heterocycles. The highest BCUT2D eigenvalue weighted by Crippen LogP contribution is 2.46. The van der Waals surface area contributed by atoms with Gasteiger partial charge in [0.25, 0.3) is 0 Å². The first-order valence-corrected chi connectivity index (χ1v) is 25.5. The smallest absolute Gasteiger partial charge is 0.441 e. The SMILES string of the molecule is Cc1ncc(-c2cc(C#N)c(N3CCC(F)(c4nncn4C)CC3)c(-c3cnc4nn(C(F)(F)F)cc4c3)c2)o1.Cc1nn(C)c(C)c1-c1cc(C#N)c(N2CCC(F)(c3nncn3C)CC2)c(-c2cnc3nn(C(F)(F)F)cc3c2)c1. The molecule has 8 aromatic heterocycles. The van der Waals surface area contributed by atoms with Gasteiger partial charge in [-0.1, -0.05) is 0 Å². The van der Waals surface area contributed by atoms with Crippen LogP contribution in [0.15, 0.2) is 84.5 Å². The van der Waals surface area contributed by atoms with Gasteiger partial charge in [-0.2, -0.15) is 25.0 Å². The second-order valence-corrected chi connectivity index (χ2v) is 20.3. The van der Waals surface area contributed by atoms with Gasteiger partial charge in [-0.3, -0.25) is 4.68 Å². The number of piperidine rings is 2. The molecule has 0 amide bonds. The Bertz CT molecular complexity index is 4170. The molecule has 0 aliphatic carbocycles. The van der Waals surface area contributed by atoms with Crippen LogP contribution in [0.25, 0.3) is 66.8 Å². The van der Waals surface area contributed by atoms with Gasteiger partial charge in [0, 0.05) is 155 Å². The summed E-state index contributed by atoms with van der Waals surface area (Å²) in [5.41, 5.74) is 4.07. The Kier molecular flexibility index (Phi) is 13.4. The van der Waals surface area contributed by atoms with E-state index in [1.54, 1.807) is 59.1 Å². The van der Waals surface area contributed by atoms with Gasteiger partial charge in [-0.05, 0) is 55.8 Å². The lowest BCUT2D eigenvalue weighted by Gasteiger charge is -2.38. The molecule has 0 unspecified atom stereocenters. The molecule has 0 N–H and O–H groups in total. The molecule has 20 nitrogen and oxygen atoms in total. The molecule has 12 rings (SSSR count). The molecule has 82 heavy (non-hydrogen) atoms. The maximum atomic E-state index is 16.0. The zero-order valence-electron chi connectivity index (χ0n) is 44.6. The van der Waals surface area contributed by atoms with E-state index in [0.717, 1.165) is 34.9 Å². The number of pyridine rings is 2. The number of aromatic nitrogens is 15. The molecule has 420 valence electrons. The molecule has 0 atom stereocenters. The lowest BCUT2D eigenvalue weighted by Crippen LogP contribution is -2.42. The first-order chi connectivity index (χ1) is 38.9. The van der Waals surface area contributed by atoms with E-state index in [0.29, 0.717) is 56.4 Å². The summed E-state index contributed by atoms with van der Waals surface area (Å²) < 4.78 is 122. The highest BCUT2D eigenvalue weighted by molar-refractivity contribution is 5.92. The largest absolute Gasteiger partial charge is 0.504 e. The number of nitrogens with zero attached hydrogens (tertiary/aromatic N) is 19. The van der Waals surface area contributed by atoms with E-state index in [1.807, 2.05) is 36.8 Å². The van der Waals surface area contributed by atoms with Gasteiger partial charge in [0.2, 0.25) is 0 Å². The van der Waals surface area contributed by atoms with Gasteiger partial charge in [0.05, 0.1) is 34.4 Å². The number of rotatable bonds is 8. The van der Waals surface area contributed by atoms with E-state index in [9.17, 15) is 36.9 Å². The monoisotopic (exact) mass is 1130 g/mol. The van der Waals surface area contributed by atoms with Crippen LogP contribution in [0.4, 0.5) is 46.5 Å². The predicted octanol–water partition coefficient (Wildman–Crippen LogP) is 10.1. The van der Waals surface area contributed by atoms with Gasteiger partial charge in [0.15, 0.2) is 45.9 Å². The van der Waals surface area contributed by atoms with Crippen molar-refractivity contribution in [3.63, 3.8) is 0 Å². The third kappa shape index (κ3) is 9.86. The van der Waals surface area contributed by atoms with Crippen LogP contribution in [-0.2, 0) is 45.1 Å². The van der Waals surface area contributed by atoms with Gasteiger partial charge < -0.3 is 23.4 Å². The highest BCUT2D eigenvalue weighted by atomic mass is 19.4. The van der Waals surface area contributed by atoms with E-state index in [1.165, 1.54) is 37.3 Å².